The van der Waals surface area contributed by atoms with Crippen LogP contribution in [0.15, 0.2) is 30.5 Å². The van der Waals surface area contributed by atoms with Gasteiger partial charge in [0.15, 0.2) is 0 Å². The van der Waals surface area contributed by atoms with Crippen LogP contribution in [0, 0.1) is 11.5 Å². The van der Waals surface area contributed by atoms with E-state index in [9.17, 15) is 9.59 Å². The Morgan fingerprint density at radius 1 is 1.16 bits per heavy atom. The van der Waals surface area contributed by atoms with Crippen molar-refractivity contribution in [2.45, 2.75) is 65.8 Å². The number of hydrogen-bond donors (Lipinski definition) is 1. The molecule has 0 saturated carbocycles. The predicted molar refractivity (Wildman–Crippen MR) is 129 cm³/mol. The molecule has 0 aliphatic heterocycles. The van der Waals surface area contributed by atoms with Gasteiger partial charge in [-0.15, -0.1) is 5.54 Å². The van der Waals surface area contributed by atoms with Crippen molar-refractivity contribution < 1.29 is 19.1 Å². The Morgan fingerprint density at radius 2 is 1.81 bits per heavy atom. The van der Waals surface area contributed by atoms with Gasteiger partial charge in [-0.25, -0.2) is 19.1 Å². The van der Waals surface area contributed by atoms with E-state index in [0.29, 0.717) is 12.3 Å². The molecule has 0 atom stereocenters. The molecule has 0 bridgehead atoms. The van der Waals surface area contributed by atoms with Crippen molar-refractivity contribution in [3.8, 4) is 22.7 Å². The third-order valence-electron chi connectivity index (χ3n) is 4.05. The minimum Gasteiger partial charge on any atom is -0.449 e. The van der Waals surface area contributed by atoms with Crippen molar-refractivity contribution in [1.29, 1.82) is 0 Å². The third kappa shape index (κ3) is 7.89. The topological polar surface area (TPSA) is 82.5 Å². The van der Waals surface area contributed by atoms with E-state index in [2.05, 4.69) is 41.4 Å². The minimum absolute atomic E-state index is 0.0401. The van der Waals surface area contributed by atoms with Gasteiger partial charge in [0.2, 0.25) is 5.95 Å². The van der Waals surface area contributed by atoms with E-state index in [1.54, 1.807) is 20.8 Å². The molecule has 0 unspecified atom stereocenters. The first kappa shape index (κ1) is 25.2. The monoisotopic (exact) mass is 455 g/mol. The Bertz CT molecular complexity index is 1000. The Balaban J connectivity index is 2.37. The largest absolute Gasteiger partial charge is 0.449 e. The maximum Gasteiger partial charge on any atom is 0.421 e. The van der Waals surface area contributed by atoms with Gasteiger partial charge in [0, 0.05) is 11.1 Å². The van der Waals surface area contributed by atoms with Gasteiger partial charge in [-0.3, -0.25) is 5.32 Å². The van der Waals surface area contributed by atoms with Crippen molar-refractivity contribution in [3.05, 3.63) is 36.0 Å². The van der Waals surface area contributed by atoms with Crippen molar-refractivity contribution in [3.63, 3.8) is 0 Å². The maximum absolute atomic E-state index is 12.9. The maximum atomic E-state index is 12.9. The smallest absolute Gasteiger partial charge is 0.421 e. The molecule has 2 aromatic rings. The molecule has 32 heavy (non-hydrogen) atoms. The third-order valence-corrected chi connectivity index (χ3v) is 4.92. The van der Waals surface area contributed by atoms with Gasteiger partial charge in [0.25, 0.3) is 0 Å². The number of carbonyl (C=O) groups is 2. The zero-order chi connectivity index (χ0) is 23.9. The molecule has 1 aromatic carbocycles. The van der Waals surface area contributed by atoms with Crippen molar-refractivity contribution >= 4 is 26.2 Å². The van der Waals surface area contributed by atoms with Gasteiger partial charge in [0.05, 0.1) is 18.5 Å². The Hall–Kier alpha value is -3.05. The summed E-state index contributed by atoms with van der Waals surface area (Å²) in [4.78, 5) is 29.3. The molecule has 172 valence electrons. The number of amides is 1. The average Bonchev–Trinajstić information content (AvgIpc) is 3.08. The van der Waals surface area contributed by atoms with Crippen LogP contribution in [-0.4, -0.2) is 42.0 Å². The van der Waals surface area contributed by atoms with E-state index in [4.69, 9.17) is 9.47 Å². The summed E-state index contributed by atoms with van der Waals surface area (Å²) in [6, 6.07) is 7.55. The molecular weight excluding hydrogens is 422 g/mol. The second-order valence-corrected chi connectivity index (χ2v) is 14.2. The fraction of sp³-hybridized carbons (Fsp3) is 0.458. The number of nitrogens with one attached hydrogen (secondary N) is 1. The van der Waals surface area contributed by atoms with Gasteiger partial charge < -0.3 is 9.47 Å². The summed E-state index contributed by atoms with van der Waals surface area (Å²) >= 11 is 0. The number of carbonyl (C=O) groups excluding carboxylic acids is 2. The van der Waals surface area contributed by atoms with Gasteiger partial charge in [-0.2, -0.15) is 0 Å². The van der Waals surface area contributed by atoms with Crippen LogP contribution in [0.25, 0.3) is 11.3 Å². The van der Waals surface area contributed by atoms with Crippen LogP contribution in [0.5, 0.6) is 0 Å². The molecule has 1 heterocycles. The van der Waals surface area contributed by atoms with E-state index in [-0.39, 0.29) is 5.95 Å². The molecular formula is C24H33N3O4Si. The van der Waals surface area contributed by atoms with Crippen LogP contribution in [0.1, 0.15) is 46.1 Å². The molecule has 0 spiro atoms. The number of ether oxygens (including phenoxy) is 2. The molecule has 8 heteroatoms. The standard InChI is InChI=1S/C24H33N3O4Si/c1-8-9-15-30-22(28)26-21-25-17-20(27(21)23(29)31-24(2,3)4)19-12-10-18(11-13-19)14-16-32(5,6)7/h10-13,17H,8-9,15H2,1-7H3,(H,25,26,28). The van der Waals surface area contributed by atoms with Gasteiger partial charge in [-0.05, 0) is 39.3 Å². The van der Waals surface area contributed by atoms with Crippen molar-refractivity contribution in [2.24, 2.45) is 0 Å². The van der Waals surface area contributed by atoms with E-state index >= 15 is 0 Å². The molecule has 2 rings (SSSR count). The van der Waals surface area contributed by atoms with E-state index in [1.807, 2.05) is 31.2 Å². The molecule has 0 fully saturated rings. The first-order chi connectivity index (χ1) is 14.9. The lowest BCUT2D eigenvalue weighted by atomic mass is 10.1. The van der Waals surface area contributed by atoms with E-state index in [0.717, 1.165) is 24.0 Å². The summed E-state index contributed by atoms with van der Waals surface area (Å²) in [7, 11) is -1.48. The molecule has 1 amide bonds. The molecule has 7 nitrogen and oxygen atoms in total. The Labute approximate surface area is 191 Å². The van der Waals surface area contributed by atoms with Crippen LogP contribution in [-0.2, 0) is 9.47 Å². The number of unbranched alkanes of at least 4 members (excludes halogenated alkanes) is 1. The lowest BCUT2D eigenvalue weighted by molar-refractivity contribution is 0.0543. The number of anilines is 1. The van der Waals surface area contributed by atoms with Crippen LogP contribution in [0.3, 0.4) is 0 Å². The Kier molecular flexibility index (Phi) is 8.28. The van der Waals surface area contributed by atoms with E-state index < -0.39 is 25.9 Å². The number of nitrogens with zero attached hydrogens (tertiary/aromatic N) is 2. The number of rotatable bonds is 5. The first-order valence-electron chi connectivity index (χ1n) is 10.8. The minimum atomic E-state index is -1.48. The summed E-state index contributed by atoms with van der Waals surface area (Å²) in [6.07, 6.45) is 1.87. The second-order valence-electron chi connectivity index (χ2n) is 9.47. The first-order valence-corrected chi connectivity index (χ1v) is 14.3. The molecule has 1 aromatic heterocycles. The summed E-state index contributed by atoms with van der Waals surface area (Å²) in [6.45, 7) is 14.2. The van der Waals surface area contributed by atoms with Crippen molar-refractivity contribution in [2.75, 3.05) is 11.9 Å². The fourth-order valence-electron chi connectivity index (χ4n) is 2.56. The highest BCUT2D eigenvalue weighted by molar-refractivity contribution is 6.83. The molecule has 0 aliphatic rings. The molecule has 0 aliphatic carbocycles. The van der Waals surface area contributed by atoms with Crippen LogP contribution < -0.4 is 5.32 Å². The number of benzene rings is 1. The fourth-order valence-corrected chi connectivity index (χ4v) is 3.08. The number of imidazole rings is 1. The normalized spacial score (nSPS) is 11.3. The lowest BCUT2D eigenvalue weighted by Gasteiger charge is -2.21. The molecule has 1 N–H and O–H groups in total. The summed E-state index contributed by atoms with van der Waals surface area (Å²) in [5.74, 6) is 3.25. The number of aromatic nitrogens is 2. The molecule has 0 saturated heterocycles. The second kappa shape index (κ2) is 10.5. The average molecular weight is 456 g/mol. The number of hydrogen-bond acceptors (Lipinski definition) is 5. The van der Waals surface area contributed by atoms with Crippen LogP contribution in [0.2, 0.25) is 19.6 Å². The quantitative estimate of drug-likeness (QED) is 0.344. The van der Waals surface area contributed by atoms with Gasteiger partial charge in [0.1, 0.15) is 13.7 Å². The summed E-state index contributed by atoms with van der Waals surface area (Å²) in [5, 5.41) is 2.55. The zero-order valence-corrected chi connectivity index (χ0v) is 21.0. The lowest BCUT2D eigenvalue weighted by Crippen LogP contribution is -2.29. The Morgan fingerprint density at radius 3 is 2.38 bits per heavy atom. The summed E-state index contributed by atoms with van der Waals surface area (Å²) in [5.41, 5.74) is 4.76. The summed E-state index contributed by atoms with van der Waals surface area (Å²) < 4.78 is 11.9. The molecule has 0 radical (unpaired) electrons. The van der Waals surface area contributed by atoms with E-state index in [1.165, 1.54) is 10.8 Å². The highest BCUT2D eigenvalue weighted by Gasteiger charge is 2.25. The zero-order valence-electron chi connectivity index (χ0n) is 20.0. The highest BCUT2D eigenvalue weighted by Crippen LogP contribution is 2.25. The van der Waals surface area contributed by atoms with Gasteiger partial charge in [-0.1, -0.05) is 51.0 Å². The van der Waals surface area contributed by atoms with Gasteiger partial charge >= 0.3 is 12.2 Å². The van der Waals surface area contributed by atoms with Crippen LogP contribution >= 0.6 is 0 Å². The van der Waals surface area contributed by atoms with Crippen LogP contribution in [0.4, 0.5) is 15.5 Å². The van der Waals surface area contributed by atoms with Crippen molar-refractivity contribution in [1.82, 2.24) is 9.55 Å². The SMILES string of the molecule is CCCCOC(=O)Nc1ncc(-c2ccc(C#C[Si](C)(C)C)cc2)n1C(=O)OC(C)(C)C. The highest BCUT2D eigenvalue weighted by atomic mass is 28.3. The predicted octanol–water partition coefficient (Wildman–Crippen LogP) is 5.91.